The van der Waals surface area contributed by atoms with Crippen LogP contribution in [0.25, 0.3) is 0 Å². The molecule has 1 heterocycles. The first kappa shape index (κ1) is 29.5. The average molecular weight is 669 g/mol. The molecule has 204 valence electrons. The number of aliphatic hydroxyl groups excluding tert-OH is 1. The number of nitrogens with one attached hydrogen (secondary N) is 4. The number of anilines is 3. The number of pyridine rings is 1. The first-order valence-corrected chi connectivity index (χ1v) is 13.1. The Bertz CT molecular complexity index is 1460. The minimum absolute atomic E-state index is 0.261. The minimum atomic E-state index is -4.13. The van der Waals surface area contributed by atoms with Crippen molar-refractivity contribution in [2.45, 2.75) is 6.42 Å². The SMILES string of the molecule is CNS(=O)(=O)Nc1nccc(Cc2cc(C(=O)NOCCO)c(Nc3ccc(I)cc3F)c(F)c2F)c1F. The lowest BCUT2D eigenvalue weighted by Crippen LogP contribution is -2.27. The van der Waals surface area contributed by atoms with Crippen molar-refractivity contribution >= 4 is 55.9 Å². The van der Waals surface area contributed by atoms with Crippen LogP contribution in [0.15, 0.2) is 36.5 Å². The third-order valence-corrected chi connectivity index (χ3v) is 6.60. The van der Waals surface area contributed by atoms with Crippen LogP contribution in [-0.2, 0) is 21.5 Å². The molecule has 0 fully saturated rings. The second-order valence-electron chi connectivity index (χ2n) is 7.46. The molecular formula is C22H20F4IN5O5S. The number of carbonyl (C=O) groups is 1. The Kier molecular flexibility index (Phi) is 9.82. The van der Waals surface area contributed by atoms with Gasteiger partial charge in [-0.3, -0.25) is 14.4 Å². The average Bonchev–Trinajstić information content (AvgIpc) is 2.87. The molecule has 0 bridgehead atoms. The van der Waals surface area contributed by atoms with Gasteiger partial charge in [-0.25, -0.2) is 32.7 Å². The van der Waals surface area contributed by atoms with Crippen molar-refractivity contribution in [1.29, 1.82) is 0 Å². The maximum absolute atomic E-state index is 15.3. The highest BCUT2D eigenvalue weighted by Gasteiger charge is 2.25. The monoisotopic (exact) mass is 669 g/mol. The second kappa shape index (κ2) is 12.7. The Morgan fingerprint density at radius 3 is 2.47 bits per heavy atom. The molecule has 0 unspecified atom stereocenters. The normalized spacial score (nSPS) is 11.3. The highest BCUT2D eigenvalue weighted by Crippen LogP contribution is 2.32. The molecular weight excluding hydrogens is 649 g/mol. The third kappa shape index (κ3) is 7.07. The summed E-state index contributed by atoms with van der Waals surface area (Å²) >= 11 is 1.85. The van der Waals surface area contributed by atoms with Gasteiger partial charge in [-0.2, -0.15) is 8.42 Å². The van der Waals surface area contributed by atoms with Crippen molar-refractivity contribution < 1.29 is 40.7 Å². The summed E-state index contributed by atoms with van der Waals surface area (Å²) in [5.41, 5.74) is -0.334. The smallest absolute Gasteiger partial charge is 0.300 e. The van der Waals surface area contributed by atoms with Crippen molar-refractivity contribution in [3.05, 3.63) is 80.1 Å². The molecule has 16 heteroatoms. The number of benzene rings is 2. The van der Waals surface area contributed by atoms with Crippen LogP contribution in [0.2, 0.25) is 0 Å². The van der Waals surface area contributed by atoms with Gasteiger partial charge in [-0.15, -0.1) is 0 Å². The standard InChI is InChI=1S/C22H20F4IN5O5S/c1-28-38(35,36)32-21-18(25)11(4-5-29-21)8-12-9-14(22(34)31-37-7-6-33)20(19(26)17(12)24)30-16-3-2-13(27)10-15(16)23/h2-5,9-10,28,30,33H,6-8H2,1H3,(H,29,32)(H,31,34). The summed E-state index contributed by atoms with van der Waals surface area (Å²) in [5.74, 6) is -6.78. The van der Waals surface area contributed by atoms with Crippen LogP contribution in [0.1, 0.15) is 21.5 Å². The fraction of sp³-hybridized carbons (Fsp3) is 0.182. The molecule has 0 radical (unpaired) electrons. The van der Waals surface area contributed by atoms with E-state index in [2.05, 4.69) is 10.3 Å². The fourth-order valence-corrected chi connectivity index (χ4v) is 4.08. The van der Waals surface area contributed by atoms with Crippen LogP contribution in [-0.4, -0.2) is 44.7 Å². The molecule has 2 aromatic carbocycles. The first-order valence-electron chi connectivity index (χ1n) is 10.6. The first-order chi connectivity index (χ1) is 18.0. The van der Waals surface area contributed by atoms with E-state index in [4.69, 9.17) is 9.94 Å². The minimum Gasteiger partial charge on any atom is -0.394 e. The molecule has 0 aliphatic carbocycles. The number of nitrogens with zero attached hydrogens (tertiary/aromatic N) is 1. The van der Waals surface area contributed by atoms with Crippen molar-refractivity contribution in [3.63, 3.8) is 0 Å². The van der Waals surface area contributed by atoms with Gasteiger partial charge in [0, 0.05) is 23.2 Å². The molecule has 1 amide bonds. The second-order valence-corrected chi connectivity index (χ2v) is 10.3. The summed E-state index contributed by atoms with van der Waals surface area (Å²) in [6, 6.07) is 5.89. The number of amides is 1. The van der Waals surface area contributed by atoms with E-state index in [1.807, 2.05) is 37.5 Å². The molecule has 38 heavy (non-hydrogen) atoms. The zero-order valence-electron chi connectivity index (χ0n) is 19.4. The Balaban J connectivity index is 2.07. The predicted molar refractivity (Wildman–Crippen MR) is 138 cm³/mol. The van der Waals surface area contributed by atoms with Crippen LogP contribution in [0.4, 0.5) is 34.8 Å². The number of carbonyl (C=O) groups excluding carboxylic acids is 1. The largest absolute Gasteiger partial charge is 0.394 e. The van der Waals surface area contributed by atoms with E-state index in [1.54, 1.807) is 0 Å². The summed E-state index contributed by atoms with van der Waals surface area (Å²) in [6.07, 6.45) is 0.424. The fourth-order valence-electron chi connectivity index (χ4n) is 3.13. The summed E-state index contributed by atoms with van der Waals surface area (Å²) in [4.78, 5) is 21.1. The van der Waals surface area contributed by atoms with Crippen molar-refractivity contribution in [2.24, 2.45) is 0 Å². The zero-order chi connectivity index (χ0) is 28.0. The molecule has 0 spiro atoms. The number of halogens is 5. The number of hydroxylamine groups is 1. The number of rotatable bonds is 11. The lowest BCUT2D eigenvalue weighted by atomic mass is 10.00. The number of hydrogen-bond donors (Lipinski definition) is 5. The van der Waals surface area contributed by atoms with Crippen LogP contribution in [0, 0.1) is 26.8 Å². The highest BCUT2D eigenvalue weighted by molar-refractivity contribution is 14.1. The van der Waals surface area contributed by atoms with E-state index < -0.39 is 75.0 Å². The van der Waals surface area contributed by atoms with E-state index in [9.17, 15) is 22.0 Å². The van der Waals surface area contributed by atoms with Gasteiger partial charge in [0.25, 0.3) is 16.1 Å². The highest BCUT2D eigenvalue weighted by atomic mass is 127. The summed E-state index contributed by atoms with van der Waals surface area (Å²) < 4.78 is 87.5. The molecule has 3 aromatic rings. The summed E-state index contributed by atoms with van der Waals surface area (Å²) in [5, 5.41) is 11.2. The Hall–Kier alpha value is -3.06. The van der Waals surface area contributed by atoms with Gasteiger partial charge in [0.15, 0.2) is 23.3 Å². The maximum atomic E-state index is 15.3. The van der Waals surface area contributed by atoms with Crippen LogP contribution in [0.3, 0.4) is 0 Å². The van der Waals surface area contributed by atoms with Gasteiger partial charge in [0.1, 0.15) is 5.82 Å². The van der Waals surface area contributed by atoms with Crippen LogP contribution in [0.5, 0.6) is 0 Å². The van der Waals surface area contributed by atoms with Crippen molar-refractivity contribution in [3.8, 4) is 0 Å². The maximum Gasteiger partial charge on any atom is 0.300 e. The summed E-state index contributed by atoms with van der Waals surface area (Å²) in [6.45, 7) is -0.770. The topological polar surface area (TPSA) is 142 Å². The zero-order valence-corrected chi connectivity index (χ0v) is 22.4. The molecule has 0 saturated carbocycles. The third-order valence-electron chi connectivity index (χ3n) is 4.93. The Morgan fingerprint density at radius 1 is 1.08 bits per heavy atom. The predicted octanol–water partition coefficient (Wildman–Crippen LogP) is 3.11. The number of hydrogen-bond acceptors (Lipinski definition) is 7. The van der Waals surface area contributed by atoms with Gasteiger partial charge >= 0.3 is 0 Å². The Labute approximate surface area is 228 Å². The molecule has 0 aliphatic heterocycles. The van der Waals surface area contributed by atoms with Crippen LogP contribution < -0.4 is 20.2 Å². The lowest BCUT2D eigenvalue weighted by molar-refractivity contribution is 0.0168. The lowest BCUT2D eigenvalue weighted by Gasteiger charge is -2.17. The number of aliphatic hydroxyl groups is 1. The van der Waals surface area contributed by atoms with Crippen LogP contribution >= 0.6 is 22.6 Å². The quantitative estimate of drug-likeness (QED) is 0.0915. The number of aromatic nitrogens is 1. The summed E-state index contributed by atoms with van der Waals surface area (Å²) in [7, 11) is -3.05. The molecule has 0 saturated heterocycles. The van der Waals surface area contributed by atoms with Crippen molar-refractivity contribution in [2.75, 3.05) is 30.3 Å². The van der Waals surface area contributed by atoms with Gasteiger partial charge in [-0.05, 0) is 64.0 Å². The van der Waals surface area contributed by atoms with E-state index >= 15 is 8.78 Å². The molecule has 3 rings (SSSR count). The van der Waals surface area contributed by atoms with E-state index in [1.165, 1.54) is 12.1 Å². The van der Waals surface area contributed by atoms with E-state index in [0.29, 0.717) is 3.57 Å². The molecule has 0 aliphatic rings. The van der Waals surface area contributed by atoms with Crippen molar-refractivity contribution in [1.82, 2.24) is 15.2 Å². The molecule has 1 aromatic heterocycles. The Morgan fingerprint density at radius 2 is 1.82 bits per heavy atom. The van der Waals surface area contributed by atoms with Gasteiger partial charge in [-0.1, -0.05) is 0 Å². The van der Waals surface area contributed by atoms with Gasteiger partial charge < -0.3 is 10.4 Å². The van der Waals surface area contributed by atoms with E-state index in [-0.39, 0.29) is 17.9 Å². The van der Waals surface area contributed by atoms with Gasteiger partial charge in [0.05, 0.1) is 30.2 Å². The van der Waals surface area contributed by atoms with E-state index in [0.717, 1.165) is 31.4 Å². The molecule has 5 N–H and O–H groups in total. The molecule has 10 nitrogen and oxygen atoms in total. The van der Waals surface area contributed by atoms with Gasteiger partial charge in [0.2, 0.25) is 0 Å². The molecule has 0 atom stereocenters.